The molecule has 0 saturated heterocycles. The van der Waals surface area contributed by atoms with Crippen molar-refractivity contribution in [1.29, 1.82) is 0 Å². The zero-order valence-electron chi connectivity index (χ0n) is 13.1. The molecule has 2 aromatic rings. The number of sulfonamides is 1. The van der Waals surface area contributed by atoms with Gasteiger partial charge in [-0.2, -0.15) is 18.4 Å². The van der Waals surface area contributed by atoms with E-state index >= 15 is 0 Å². The largest absolute Gasteiger partial charge is 0.494 e. The van der Waals surface area contributed by atoms with E-state index in [1.807, 2.05) is 6.92 Å². The molecule has 0 aliphatic rings. The number of hydrazone groups is 1. The highest BCUT2D eigenvalue weighted by atomic mass is 32.2. The first kappa shape index (κ1) is 17.9. The molecule has 24 heavy (non-hydrogen) atoms. The minimum atomic E-state index is -3.87. The Morgan fingerprint density at radius 2 is 1.79 bits per heavy atom. The number of ether oxygens (including phenoxy) is 1. The van der Waals surface area contributed by atoms with Crippen LogP contribution in [0.5, 0.6) is 5.75 Å². The smallest absolute Gasteiger partial charge is 0.276 e. The van der Waals surface area contributed by atoms with Gasteiger partial charge in [0.15, 0.2) is 11.6 Å². The summed E-state index contributed by atoms with van der Waals surface area (Å²) in [6, 6.07) is 9.03. The summed E-state index contributed by atoms with van der Waals surface area (Å²) in [5.41, 5.74) is 0.465. The van der Waals surface area contributed by atoms with E-state index < -0.39 is 21.7 Å². The number of nitrogens with one attached hydrogen (secondary N) is 1. The van der Waals surface area contributed by atoms with Crippen molar-refractivity contribution in [3.05, 3.63) is 59.7 Å². The van der Waals surface area contributed by atoms with Gasteiger partial charge in [-0.05, 0) is 56.3 Å². The second-order valence-electron chi connectivity index (χ2n) is 4.83. The highest BCUT2D eigenvalue weighted by molar-refractivity contribution is 7.89. The zero-order valence-corrected chi connectivity index (χ0v) is 13.9. The maximum atomic E-state index is 13.2. The van der Waals surface area contributed by atoms with Gasteiger partial charge in [0, 0.05) is 5.56 Å². The summed E-state index contributed by atoms with van der Waals surface area (Å²) in [4.78, 5) is 2.07. The second-order valence-corrected chi connectivity index (χ2v) is 6.49. The van der Waals surface area contributed by atoms with Gasteiger partial charge in [-0.15, -0.1) is 0 Å². The summed E-state index contributed by atoms with van der Waals surface area (Å²) in [7, 11) is -3.87. The van der Waals surface area contributed by atoms with Crippen molar-refractivity contribution >= 4 is 15.7 Å². The molecule has 5 nitrogen and oxygen atoms in total. The van der Waals surface area contributed by atoms with Crippen molar-refractivity contribution in [3.63, 3.8) is 0 Å². The van der Waals surface area contributed by atoms with Crippen LogP contribution in [0.25, 0.3) is 0 Å². The fourth-order valence-electron chi connectivity index (χ4n) is 1.85. The van der Waals surface area contributed by atoms with E-state index in [0.29, 0.717) is 12.4 Å². The summed E-state index contributed by atoms with van der Waals surface area (Å²) >= 11 is 0. The van der Waals surface area contributed by atoms with Crippen LogP contribution in [0.15, 0.2) is 52.5 Å². The highest BCUT2D eigenvalue weighted by Crippen LogP contribution is 2.16. The average Bonchev–Trinajstić information content (AvgIpc) is 2.56. The summed E-state index contributed by atoms with van der Waals surface area (Å²) in [6.45, 7) is 3.78. The van der Waals surface area contributed by atoms with E-state index in [1.165, 1.54) is 37.3 Å². The van der Waals surface area contributed by atoms with Crippen LogP contribution in [0.3, 0.4) is 0 Å². The lowest BCUT2D eigenvalue weighted by Gasteiger charge is -2.07. The molecule has 2 rings (SSSR count). The van der Waals surface area contributed by atoms with Gasteiger partial charge in [0.1, 0.15) is 5.75 Å². The highest BCUT2D eigenvalue weighted by Gasteiger charge is 2.13. The van der Waals surface area contributed by atoms with Crippen molar-refractivity contribution in [2.45, 2.75) is 18.7 Å². The topological polar surface area (TPSA) is 67.8 Å². The molecule has 0 unspecified atom stereocenters. The summed E-state index contributed by atoms with van der Waals surface area (Å²) in [5, 5.41) is 3.73. The molecule has 0 bridgehead atoms. The summed E-state index contributed by atoms with van der Waals surface area (Å²) in [6.07, 6.45) is 0. The third kappa shape index (κ3) is 4.29. The Morgan fingerprint density at radius 3 is 2.38 bits per heavy atom. The Labute approximate surface area is 139 Å². The van der Waals surface area contributed by atoms with Gasteiger partial charge in [0.05, 0.1) is 17.2 Å². The number of nitrogens with zero attached hydrogens (tertiary/aromatic N) is 1. The Balaban J connectivity index is 2.17. The van der Waals surface area contributed by atoms with Crippen LogP contribution in [0, 0.1) is 11.6 Å². The third-order valence-electron chi connectivity index (χ3n) is 3.12. The number of rotatable bonds is 6. The molecule has 0 aliphatic carbocycles. The fourth-order valence-corrected chi connectivity index (χ4v) is 2.71. The molecule has 0 aliphatic heterocycles. The van der Waals surface area contributed by atoms with Gasteiger partial charge in [-0.3, -0.25) is 0 Å². The van der Waals surface area contributed by atoms with E-state index in [9.17, 15) is 17.2 Å². The lowest BCUT2D eigenvalue weighted by atomic mass is 10.1. The molecule has 2 aromatic carbocycles. The lowest BCUT2D eigenvalue weighted by molar-refractivity contribution is 0.340. The first-order chi connectivity index (χ1) is 11.3. The first-order valence-electron chi connectivity index (χ1n) is 7.08. The molecule has 0 amide bonds. The van der Waals surface area contributed by atoms with Gasteiger partial charge >= 0.3 is 0 Å². The monoisotopic (exact) mass is 354 g/mol. The molecule has 0 fully saturated rings. The van der Waals surface area contributed by atoms with E-state index in [0.717, 1.165) is 12.1 Å². The molecule has 0 radical (unpaired) electrons. The second kappa shape index (κ2) is 7.39. The predicted molar refractivity (Wildman–Crippen MR) is 86.5 cm³/mol. The normalized spacial score (nSPS) is 12.1. The number of hydrogen-bond donors (Lipinski definition) is 1. The van der Waals surface area contributed by atoms with Gasteiger partial charge in [-0.1, -0.05) is 0 Å². The molecular formula is C16H16F2N2O3S. The number of benzene rings is 2. The quantitative estimate of drug-likeness (QED) is 0.640. The van der Waals surface area contributed by atoms with Crippen LogP contribution >= 0.6 is 0 Å². The van der Waals surface area contributed by atoms with Crippen LogP contribution in [0.2, 0.25) is 0 Å². The van der Waals surface area contributed by atoms with Gasteiger partial charge in [0.25, 0.3) is 10.0 Å². The molecule has 0 heterocycles. The number of halogens is 2. The van der Waals surface area contributed by atoms with Crippen molar-refractivity contribution in [1.82, 2.24) is 4.83 Å². The van der Waals surface area contributed by atoms with Crippen molar-refractivity contribution in [2.24, 2.45) is 5.10 Å². The van der Waals surface area contributed by atoms with Crippen molar-refractivity contribution in [2.75, 3.05) is 6.61 Å². The van der Waals surface area contributed by atoms with Crippen LogP contribution in [-0.2, 0) is 10.0 Å². The fraction of sp³-hybridized carbons (Fsp3) is 0.188. The maximum absolute atomic E-state index is 13.2. The van der Waals surface area contributed by atoms with E-state index in [2.05, 4.69) is 9.93 Å². The molecule has 0 spiro atoms. The molecule has 8 heteroatoms. The maximum Gasteiger partial charge on any atom is 0.276 e. The molecule has 128 valence electrons. The minimum absolute atomic E-state index is 0.00721. The summed E-state index contributed by atoms with van der Waals surface area (Å²) < 4.78 is 55.7. The van der Waals surface area contributed by atoms with Crippen LogP contribution < -0.4 is 9.57 Å². The molecule has 0 aromatic heterocycles. The Bertz CT molecular complexity index is 850. The van der Waals surface area contributed by atoms with Gasteiger partial charge in [0.2, 0.25) is 0 Å². The van der Waals surface area contributed by atoms with Gasteiger partial charge < -0.3 is 4.74 Å². The SMILES string of the molecule is CCOc1ccc(S(=O)(=O)N/N=C(/C)c2ccc(F)c(F)c2)cc1. The van der Waals surface area contributed by atoms with E-state index in [1.54, 1.807) is 0 Å². The Kier molecular flexibility index (Phi) is 5.50. The first-order valence-corrected chi connectivity index (χ1v) is 8.56. The predicted octanol–water partition coefficient (Wildman–Crippen LogP) is 3.07. The molecule has 1 N–H and O–H groups in total. The average molecular weight is 354 g/mol. The number of hydrogen-bond acceptors (Lipinski definition) is 4. The molecular weight excluding hydrogens is 338 g/mol. The standard InChI is InChI=1S/C16H16F2N2O3S/c1-3-23-13-5-7-14(8-6-13)24(21,22)20-19-11(2)12-4-9-15(17)16(18)10-12/h4-10,20H,3H2,1-2H3/b19-11-. The zero-order chi connectivity index (χ0) is 17.7. The van der Waals surface area contributed by atoms with Crippen molar-refractivity contribution < 1.29 is 21.9 Å². The summed E-state index contributed by atoms with van der Waals surface area (Å²) in [5.74, 6) is -1.46. The van der Waals surface area contributed by atoms with Crippen LogP contribution in [0.1, 0.15) is 19.4 Å². The van der Waals surface area contributed by atoms with E-state index in [4.69, 9.17) is 4.74 Å². The van der Waals surface area contributed by atoms with Gasteiger partial charge in [-0.25, -0.2) is 8.78 Å². The molecule has 0 saturated carbocycles. The minimum Gasteiger partial charge on any atom is -0.494 e. The van der Waals surface area contributed by atoms with E-state index in [-0.39, 0.29) is 16.2 Å². The lowest BCUT2D eigenvalue weighted by Crippen LogP contribution is -2.20. The van der Waals surface area contributed by atoms with Crippen LogP contribution in [0.4, 0.5) is 8.78 Å². The van der Waals surface area contributed by atoms with Crippen molar-refractivity contribution in [3.8, 4) is 5.75 Å². The Hall–Kier alpha value is -2.48. The van der Waals surface area contributed by atoms with Crippen LogP contribution in [-0.4, -0.2) is 20.7 Å². The third-order valence-corrected chi connectivity index (χ3v) is 4.34. The molecule has 0 atom stereocenters. The Morgan fingerprint density at radius 1 is 1.12 bits per heavy atom.